The van der Waals surface area contributed by atoms with Crippen molar-refractivity contribution in [1.82, 2.24) is 0 Å². The lowest BCUT2D eigenvalue weighted by Gasteiger charge is -2.19. The van der Waals surface area contributed by atoms with Crippen LogP contribution in [0.3, 0.4) is 0 Å². The molecule has 0 aliphatic heterocycles. The summed E-state index contributed by atoms with van der Waals surface area (Å²) in [4.78, 5) is 0. The first-order valence-corrected chi connectivity index (χ1v) is 5.38. The molecular formula is C7H12N2OS. The Balaban J connectivity index is 2.91. The van der Waals surface area contributed by atoms with E-state index < -0.39 is 9.73 Å². The van der Waals surface area contributed by atoms with E-state index in [1.165, 1.54) is 6.26 Å². The minimum Gasteiger partial charge on any atom is -0.323 e. The number of hydrogen-bond donors (Lipinski definition) is 2. The van der Waals surface area contributed by atoms with E-state index in [1.807, 2.05) is 6.08 Å². The summed E-state index contributed by atoms with van der Waals surface area (Å²) in [5.41, 5.74) is 5.63. The molecule has 3 atom stereocenters. The predicted octanol–water partition coefficient (Wildman–Crippen LogP) is 0.485. The van der Waals surface area contributed by atoms with E-state index in [2.05, 4.69) is 0 Å². The van der Waals surface area contributed by atoms with Gasteiger partial charge in [0.05, 0.1) is 5.25 Å². The fourth-order valence-corrected chi connectivity index (χ4v) is 2.13. The van der Waals surface area contributed by atoms with Gasteiger partial charge in [-0.2, -0.15) is 0 Å². The van der Waals surface area contributed by atoms with Gasteiger partial charge in [-0.3, -0.25) is 4.78 Å². The minimum absolute atomic E-state index is 0.269. The molecule has 0 amide bonds. The van der Waals surface area contributed by atoms with Gasteiger partial charge in [-0.05, 0) is 0 Å². The fraction of sp³-hybridized carbons (Fsp3) is 0.429. The van der Waals surface area contributed by atoms with Crippen LogP contribution in [0.2, 0.25) is 0 Å². The summed E-state index contributed by atoms with van der Waals surface area (Å²) in [5, 5.41) is -0.326. The third kappa shape index (κ3) is 1.91. The summed E-state index contributed by atoms with van der Waals surface area (Å²) >= 11 is 0. The van der Waals surface area contributed by atoms with Crippen LogP contribution in [0.1, 0.15) is 0 Å². The molecule has 3 N–H and O–H groups in total. The second kappa shape index (κ2) is 2.79. The maximum absolute atomic E-state index is 11.3. The molecule has 0 radical (unpaired) electrons. The molecule has 0 spiro atoms. The summed E-state index contributed by atoms with van der Waals surface area (Å²) in [7, 11) is -2.54. The van der Waals surface area contributed by atoms with E-state index in [9.17, 15) is 4.21 Å². The summed E-state index contributed by atoms with van der Waals surface area (Å²) in [6, 6.07) is -0.269. The van der Waals surface area contributed by atoms with Crippen molar-refractivity contribution in [3.63, 3.8) is 0 Å². The average Bonchev–Trinajstić information content (AvgIpc) is 1.86. The highest BCUT2D eigenvalue weighted by Gasteiger charge is 2.21. The van der Waals surface area contributed by atoms with Crippen LogP contribution >= 0.6 is 0 Å². The SMILES string of the molecule is CS(=N)(=O)C1C=CC=CC1N. The molecule has 62 valence electrons. The highest BCUT2D eigenvalue weighted by Crippen LogP contribution is 2.11. The second-order valence-corrected chi connectivity index (χ2v) is 5.07. The number of nitrogens with one attached hydrogen (secondary N) is 1. The Morgan fingerprint density at radius 1 is 1.45 bits per heavy atom. The average molecular weight is 172 g/mol. The van der Waals surface area contributed by atoms with Crippen LogP contribution < -0.4 is 5.73 Å². The van der Waals surface area contributed by atoms with Crippen LogP contribution in [-0.2, 0) is 9.73 Å². The fourth-order valence-electron chi connectivity index (χ4n) is 1.05. The highest BCUT2D eigenvalue weighted by molar-refractivity contribution is 7.92. The van der Waals surface area contributed by atoms with Gasteiger partial charge in [0.2, 0.25) is 0 Å². The molecule has 0 heterocycles. The Morgan fingerprint density at radius 3 is 2.36 bits per heavy atom. The molecule has 4 heteroatoms. The van der Waals surface area contributed by atoms with Crippen molar-refractivity contribution >= 4 is 9.73 Å². The zero-order chi connectivity index (χ0) is 8.48. The monoisotopic (exact) mass is 172 g/mol. The van der Waals surface area contributed by atoms with Crippen LogP contribution in [0.25, 0.3) is 0 Å². The van der Waals surface area contributed by atoms with Crippen molar-refractivity contribution in [2.24, 2.45) is 5.73 Å². The number of rotatable bonds is 1. The molecule has 11 heavy (non-hydrogen) atoms. The largest absolute Gasteiger partial charge is 0.323 e. The van der Waals surface area contributed by atoms with E-state index in [0.29, 0.717) is 0 Å². The molecule has 0 aromatic rings. The van der Waals surface area contributed by atoms with Gasteiger partial charge in [0.25, 0.3) is 0 Å². The normalized spacial score (nSPS) is 35.1. The third-order valence-electron chi connectivity index (χ3n) is 1.64. The van der Waals surface area contributed by atoms with Gasteiger partial charge in [-0.15, -0.1) is 0 Å². The Morgan fingerprint density at radius 2 is 2.00 bits per heavy atom. The summed E-state index contributed by atoms with van der Waals surface area (Å²) in [5.74, 6) is 0. The molecule has 1 aliphatic carbocycles. The summed E-state index contributed by atoms with van der Waals surface area (Å²) < 4.78 is 18.6. The van der Waals surface area contributed by atoms with Gasteiger partial charge < -0.3 is 5.73 Å². The van der Waals surface area contributed by atoms with E-state index in [4.69, 9.17) is 10.5 Å². The molecule has 0 fully saturated rings. The zero-order valence-corrected chi connectivity index (χ0v) is 7.17. The molecule has 0 saturated carbocycles. The maximum Gasteiger partial charge on any atom is 0.0795 e. The van der Waals surface area contributed by atoms with Crippen molar-refractivity contribution in [2.75, 3.05) is 6.26 Å². The lowest BCUT2D eigenvalue weighted by molar-refractivity contribution is 0.664. The standard InChI is InChI=1S/C7H12N2OS/c1-11(9,10)7-5-3-2-4-6(7)8/h2-7,9H,8H2,1H3. The lowest BCUT2D eigenvalue weighted by Crippen LogP contribution is -2.37. The van der Waals surface area contributed by atoms with Crippen molar-refractivity contribution in [1.29, 1.82) is 4.78 Å². The van der Waals surface area contributed by atoms with Gasteiger partial charge in [0, 0.05) is 22.0 Å². The lowest BCUT2D eigenvalue weighted by atomic mass is 10.1. The first-order valence-electron chi connectivity index (χ1n) is 3.35. The maximum atomic E-state index is 11.3. The van der Waals surface area contributed by atoms with Gasteiger partial charge in [-0.25, -0.2) is 4.21 Å². The Kier molecular flexibility index (Phi) is 2.15. The third-order valence-corrected chi connectivity index (χ3v) is 3.15. The van der Waals surface area contributed by atoms with Crippen molar-refractivity contribution < 1.29 is 4.21 Å². The van der Waals surface area contributed by atoms with E-state index >= 15 is 0 Å². The Labute approximate surface area is 67.0 Å². The van der Waals surface area contributed by atoms with Crippen LogP contribution in [0.5, 0.6) is 0 Å². The molecule has 3 nitrogen and oxygen atoms in total. The highest BCUT2D eigenvalue weighted by atomic mass is 32.2. The first kappa shape index (κ1) is 8.49. The van der Waals surface area contributed by atoms with Crippen molar-refractivity contribution in [2.45, 2.75) is 11.3 Å². The van der Waals surface area contributed by atoms with Crippen molar-refractivity contribution in [3.05, 3.63) is 24.3 Å². The zero-order valence-electron chi connectivity index (χ0n) is 6.36. The first-order chi connectivity index (χ1) is 5.02. The topological polar surface area (TPSA) is 66.9 Å². The van der Waals surface area contributed by atoms with Crippen LogP contribution in [0.4, 0.5) is 0 Å². The van der Waals surface area contributed by atoms with Gasteiger partial charge >= 0.3 is 0 Å². The van der Waals surface area contributed by atoms with E-state index in [-0.39, 0.29) is 11.3 Å². The molecule has 0 aromatic carbocycles. The van der Waals surface area contributed by atoms with Crippen LogP contribution in [-0.4, -0.2) is 21.8 Å². The van der Waals surface area contributed by atoms with Crippen LogP contribution in [0.15, 0.2) is 24.3 Å². The van der Waals surface area contributed by atoms with Gasteiger partial charge in [0.1, 0.15) is 0 Å². The second-order valence-electron chi connectivity index (χ2n) is 2.72. The predicted molar refractivity (Wildman–Crippen MR) is 46.8 cm³/mol. The van der Waals surface area contributed by atoms with E-state index in [0.717, 1.165) is 0 Å². The Hall–Kier alpha value is -0.610. The molecule has 0 aromatic heterocycles. The van der Waals surface area contributed by atoms with Gasteiger partial charge in [-0.1, -0.05) is 24.3 Å². The number of nitrogens with two attached hydrogens (primary N) is 1. The van der Waals surface area contributed by atoms with E-state index in [1.54, 1.807) is 18.2 Å². The molecule has 1 aliphatic rings. The Bertz CT molecular complexity index is 290. The smallest absolute Gasteiger partial charge is 0.0795 e. The molecular weight excluding hydrogens is 160 g/mol. The molecule has 0 saturated heterocycles. The van der Waals surface area contributed by atoms with Crippen molar-refractivity contribution in [3.8, 4) is 0 Å². The number of hydrogen-bond acceptors (Lipinski definition) is 3. The summed E-state index contributed by atoms with van der Waals surface area (Å²) in [6.07, 6.45) is 8.52. The molecule has 0 bridgehead atoms. The number of allylic oxidation sites excluding steroid dienone is 2. The quantitative estimate of drug-likeness (QED) is 0.604. The minimum atomic E-state index is -2.54. The van der Waals surface area contributed by atoms with Crippen LogP contribution in [0, 0.1) is 4.78 Å². The summed E-state index contributed by atoms with van der Waals surface area (Å²) in [6.45, 7) is 0. The molecule has 1 rings (SSSR count). The van der Waals surface area contributed by atoms with Gasteiger partial charge in [0.15, 0.2) is 0 Å². The molecule has 3 unspecified atom stereocenters.